The third kappa shape index (κ3) is 5.22. The molecule has 36 heavy (non-hydrogen) atoms. The van der Waals surface area contributed by atoms with Gasteiger partial charge < -0.3 is 19.9 Å². The molecule has 0 bridgehead atoms. The molecule has 5 rings (SSSR count). The number of nitrogens with zero attached hydrogens (tertiary/aromatic N) is 4. The monoisotopic (exact) mass is 511 g/mol. The number of aromatic nitrogens is 3. The highest BCUT2D eigenvalue weighted by molar-refractivity contribution is 7.91. The second-order valence-electron chi connectivity index (χ2n) is 11.0. The van der Waals surface area contributed by atoms with Gasteiger partial charge >= 0.3 is 0 Å². The Morgan fingerprint density at radius 3 is 2.42 bits per heavy atom. The largest absolute Gasteiger partial charge is 0.390 e. The Labute approximate surface area is 213 Å². The number of benzene rings is 1. The summed E-state index contributed by atoms with van der Waals surface area (Å²) in [4.78, 5) is 11.6. The lowest BCUT2D eigenvalue weighted by Gasteiger charge is -2.36. The Kier molecular flexibility index (Phi) is 6.72. The molecule has 2 aromatic heterocycles. The van der Waals surface area contributed by atoms with Gasteiger partial charge in [0.1, 0.15) is 15.7 Å². The van der Waals surface area contributed by atoms with Gasteiger partial charge in [-0.15, -0.1) is 0 Å². The summed E-state index contributed by atoms with van der Waals surface area (Å²) in [5.74, 6) is 1.76. The molecule has 194 valence electrons. The fraction of sp³-hybridized carbons (Fsp3) is 0.556. The van der Waals surface area contributed by atoms with Crippen LogP contribution in [0.2, 0.25) is 0 Å². The van der Waals surface area contributed by atoms with Crippen LogP contribution in [0.5, 0.6) is 0 Å². The Balaban J connectivity index is 1.32. The van der Waals surface area contributed by atoms with E-state index in [9.17, 15) is 13.5 Å². The van der Waals surface area contributed by atoms with Gasteiger partial charge in [0, 0.05) is 48.9 Å². The number of hydrogen-bond acceptors (Lipinski definition) is 7. The van der Waals surface area contributed by atoms with E-state index in [4.69, 9.17) is 4.98 Å². The number of nitrogens with one attached hydrogen (secondary N) is 1. The van der Waals surface area contributed by atoms with Gasteiger partial charge in [-0.05, 0) is 82.6 Å². The molecule has 0 amide bonds. The van der Waals surface area contributed by atoms with Crippen LogP contribution in [-0.4, -0.2) is 64.3 Å². The molecule has 0 spiro atoms. The number of piperidine rings is 1. The van der Waals surface area contributed by atoms with E-state index in [-0.39, 0.29) is 5.25 Å². The third-order valence-corrected chi connectivity index (χ3v) is 9.73. The molecule has 9 heteroatoms. The highest BCUT2D eigenvalue weighted by Crippen LogP contribution is 2.34. The predicted molar refractivity (Wildman–Crippen MR) is 145 cm³/mol. The summed E-state index contributed by atoms with van der Waals surface area (Å²) in [5, 5.41) is 14.7. The van der Waals surface area contributed by atoms with E-state index in [1.807, 2.05) is 26.1 Å². The molecule has 0 unspecified atom stereocenters. The van der Waals surface area contributed by atoms with E-state index in [1.165, 1.54) is 6.26 Å². The smallest absolute Gasteiger partial charge is 0.224 e. The van der Waals surface area contributed by atoms with E-state index in [0.717, 1.165) is 61.2 Å². The van der Waals surface area contributed by atoms with Crippen LogP contribution in [0.1, 0.15) is 52.4 Å². The lowest BCUT2D eigenvalue weighted by Crippen LogP contribution is -2.39. The molecule has 1 aromatic carbocycles. The van der Waals surface area contributed by atoms with Crippen molar-refractivity contribution in [2.24, 2.45) is 5.92 Å². The molecule has 1 aliphatic heterocycles. The van der Waals surface area contributed by atoms with Crippen LogP contribution in [-0.2, 0) is 9.84 Å². The van der Waals surface area contributed by atoms with Gasteiger partial charge in [-0.2, -0.15) is 4.98 Å². The molecule has 2 N–H and O–H groups in total. The SMILES string of the molecule is CC(C)(O)C1CCC(Nc2nccc(-n3ccc4c(N5CCC(S(C)(=O)=O)CC5)cccc43)n2)CC1. The molecule has 8 nitrogen and oxygen atoms in total. The molecule has 0 atom stereocenters. The zero-order valence-corrected chi connectivity index (χ0v) is 22.2. The van der Waals surface area contributed by atoms with Gasteiger partial charge in [-0.1, -0.05) is 6.07 Å². The second kappa shape index (κ2) is 9.67. The Morgan fingerprint density at radius 2 is 1.75 bits per heavy atom. The first-order valence-corrected chi connectivity index (χ1v) is 14.9. The minimum absolute atomic E-state index is 0.241. The van der Waals surface area contributed by atoms with Crippen LogP contribution < -0.4 is 10.2 Å². The van der Waals surface area contributed by atoms with Crippen LogP contribution in [0.4, 0.5) is 11.6 Å². The Hall–Kier alpha value is -2.65. The van der Waals surface area contributed by atoms with Crippen molar-refractivity contribution < 1.29 is 13.5 Å². The normalized spacial score (nSPS) is 22.2. The summed E-state index contributed by atoms with van der Waals surface area (Å²) in [5.41, 5.74) is 1.57. The molecule has 0 radical (unpaired) electrons. The van der Waals surface area contributed by atoms with Gasteiger partial charge in [0.25, 0.3) is 0 Å². The van der Waals surface area contributed by atoms with Gasteiger partial charge in [-0.3, -0.25) is 0 Å². The number of fused-ring (bicyclic) bond motifs is 1. The lowest BCUT2D eigenvalue weighted by atomic mass is 9.77. The topological polar surface area (TPSA) is 100 Å². The molecular formula is C27H37N5O3S. The van der Waals surface area contributed by atoms with Crippen LogP contribution in [0.3, 0.4) is 0 Å². The first-order valence-electron chi connectivity index (χ1n) is 13.0. The second-order valence-corrected chi connectivity index (χ2v) is 13.3. The van der Waals surface area contributed by atoms with Crippen molar-refractivity contribution in [3.05, 3.63) is 42.7 Å². The lowest BCUT2D eigenvalue weighted by molar-refractivity contribution is -0.000415. The maximum atomic E-state index is 12.0. The molecule has 3 heterocycles. The molecular weight excluding hydrogens is 474 g/mol. The van der Waals surface area contributed by atoms with Crippen molar-refractivity contribution in [2.45, 2.75) is 69.3 Å². The standard InChI is InChI=1S/C27H37N5O3S/c1-27(2,33)19-7-9-20(10-8-19)29-26-28-15-11-25(30-26)32-18-14-22-23(5-4-6-24(22)32)31-16-12-21(13-17-31)36(3,34)35/h4-6,11,14-15,18-21,33H,7-10,12-13,16-17H2,1-3H3,(H,28,29,30). The summed E-state index contributed by atoms with van der Waals surface area (Å²) in [7, 11) is -2.99. The minimum Gasteiger partial charge on any atom is -0.390 e. The molecule has 2 aliphatic rings. The zero-order chi connectivity index (χ0) is 25.5. The van der Waals surface area contributed by atoms with Crippen molar-refractivity contribution in [2.75, 3.05) is 29.6 Å². The fourth-order valence-electron chi connectivity index (χ4n) is 5.83. The number of sulfone groups is 1. The number of rotatable bonds is 6. The number of anilines is 2. The maximum Gasteiger partial charge on any atom is 0.224 e. The van der Waals surface area contributed by atoms with E-state index >= 15 is 0 Å². The molecule has 1 saturated carbocycles. The van der Waals surface area contributed by atoms with Gasteiger partial charge in [-0.25, -0.2) is 13.4 Å². The predicted octanol–water partition coefficient (Wildman–Crippen LogP) is 4.18. The van der Waals surface area contributed by atoms with E-state index < -0.39 is 15.4 Å². The maximum absolute atomic E-state index is 12.0. The number of aliphatic hydroxyl groups is 1. The average Bonchev–Trinajstić information content (AvgIpc) is 3.28. The molecule has 1 aliphatic carbocycles. The molecule has 3 aromatic rings. The van der Waals surface area contributed by atoms with Crippen LogP contribution >= 0.6 is 0 Å². The highest BCUT2D eigenvalue weighted by Gasteiger charge is 2.31. The van der Waals surface area contributed by atoms with Crippen molar-refractivity contribution in [3.8, 4) is 5.82 Å². The van der Waals surface area contributed by atoms with Crippen LogP contribution in [0, 0.1) is 5.92 Å². The summed E-state index contributed by atoms with van der Waals surface area (Å²) >= 11 is 0. The zero-order valence-electron chi connectivity index (χ0n) is 21.4. The van der Waals surface area contributed by atoms with Gasteiger partial charge in [0.15, 0.2) is 0 Å². The van der Waals surface area contributed by atoms with Crippen molar-refractivity contribution >= 4 is 32.4 Å². The molecule has 1 saturated heterocycles. The number of hydrogen-bond donors (Lipinski definition) is 2. The first kappa shape index (κ1) is 25.0. The van der Waals surface area contributed by atoms with Crippen LogP contribution in [0.25, 0.3) is 16.7 Å². The van der Waals surface area contributed by atoms with Crippen molar-refractivity contribution in [1.29, 1.82) is 0 Å². The van der Waals surface area contributed by atoms with Gasteiger partial charge in [0.05, 0.1) is 16.4 Å². The van der Waals surface area contributed by atoms with E-state index in [1.54, 1.807) is 6.20 Å². The third-order valence-electron chi connectivity index (χ3n) is 8.05. The van der Waals surface area contributed by atoms with Crippen LogP contribution in [0.15, 0.2) is 42.7 Å². The Bertz CT molecular complexity index is 1310. The minimum atomic E-state index is -2.99. The Morgan fingerprint density at radius 1 is 1.03 bits per heavy atom. The quantitative estimate of drug-likeness (QED) is 0.512. The summed E-state index contributed by atoms with van der Waals surface area (Å²) in [6, 6.07) is 10.6. The van der Waals surface area contributed by atoms with Crippen molar-refractivity contribution in [3.63, 3.8) is 0 Å². The van der Waals surface area contributed by atoms with E-state index in [0.29, 0.717) is 30.7 Å². The van der Waals surface area contributed by atoms with Crippen molar-refractivity contribution in [1.82, 2.24) is 14.5 Å². The average molecular weight is 512 g/mol. The van der Waals surface area contributed by atoms with Gasteiger partial charge in [0.2, 0.25) is 5.95 Å². The fourth-order valence-corrected chi connectivity index (χ4v) is 6.90. The first-order chi connectivity index (χ1) is 17.1. The molecule has 2 fully saturated rings. The highest BCUT2D eigenvalue weighted by atomic mass is 32.2. The summed E-state index contributed by atoms with van der Waals surface area (Å²) in [6.45, 7) is 5.28. The summed E-state index contributed by atoms with van der Waals surface area (Å²) < 4.78 is 26.0. The summed E-state index contributed by atoms with van der Waals surface area (Å²) in [6.07, 6.45) is 10.5. The van der Waals surface area contributed by atoms with E-state index in [2.05, 4.69) is 44.0 Å².